The number of hydrogen-bond donors (Lipinski definition) is 1. The molecule has 7 nitrogen and oxygen atoms in total. The van der Waals surface area contributed by atoms with E-state index in [9.17, 15) is 22.4 Å². The monoisotopic (exact) mass is 567 g/mol. The number of nitrogens with zero attached hydrogens (tertiary/aromatic N) is 2. The Labute approximate surface area is 237 Å². The molecule has 214 valence electrons. The summed E-state index contributed by atoms with van der Waals surface area (Å²) >= 11 is 0. The Kier molecular flexibility index (Phi) is 10.8. The van der Waals surface area contributed by atoms with E-state index in [0.29, 0.717) is 18.7 Å². The molecule has 0 heterocycles. The van der Waals surface area contributed by atoms with Gasteiger partial charge >= 0.3 is 0 Å². The molecule has 1 unspecified atom stereocenters. The zero-order valence-electron chi connectivity index (χ0n) is 23.5. The first kappa shape index (κ1) is 30.8. The average molecular weight is 568 g/mol. The lowest BCUT2D eigenvalue weighted by atomic mass is 10.0. The molecule has 1 N–H and O–H groups in total. The van der Waals surface area contributed by atoms with Crippen molar-refractivity contribution in [1.82, 2.24) is 10.2 Å². The number of halogens is 1. The van der Waals surface area contributed by atoms with Gasteiger partial charge in [0.05, 0.1) is 11.9 Å². The third-order valence-corrected chi connectivity index (χ3v) is 7.79. The molecule has 3 aromatic rings. The summed E-state index contributed by atoms with van der Waals surface area (Å²) in [6.07, 6.45) is 1.91. The Balaban J connectivity index is 2.04. The minimum atomic E-state index is -3.87. The number of anilines is 1. The molecule has 2 amide bonds. The second-order valence-corrected chi connectivity index (χ2v) is 12.0. The lowest BCUT2D eigenvalue weighted by Gasteiger charge is -2.33. The molecule has 0 radical (unpaired) electrons. The fourth-order valence-corrected chi connectivity index (χ4v) is 5.22. The third-order valence-electron chi connectivity index (χ3n) is 6.65. The van der Waals surface area contributed by atoms with Crippen molar-refractivity contribution >= 4 is 27.5 Å². The van der Waals surface area contributed by atoms with Gasteiger partial charge in [0.15, 0.2) is 0 Å². The standard InChI is InChI=1S/C31H38FN3O4S/c1-5-19-33-31(37)29(20-24-11-7-6-8-12-24)34(21-26-13-9-10-14-28(26)32)30(36)22-35(40(4,38)39)27-17-15-25(16-18-27)23(2)3/h6-18,23,29H,5,19-22H2,1-4H3,(H,33,37). The summed E-state index contributed by atoms with van der Waals surface area (Å²) in [5.74, 6) is -1.27. The topological polar surface area (TPSA) is 86.8 Å². The maximum Gasteiger partial charge on any atom is 0.244 e. The van der Waals surface area contributed by atoms with Crippen molar-refractivity contribution in [1.29, 1.82) is 0 Å². The molecule has 0 bridgehead atoms. The zero-order valence-corrected chi connectivity index (χ0v) is 24.3. The van der Waals surface area contributed by atoms with E-state index in [1.54, 1.807) is 30.3 Å². The first-order valence-electron chi connectivity index (χ1n) is 13.4. The summed E-state index contributed by atoms with van der Waals surface area (Å²) in [6, 6.07) is 21.3. The van der Waals surface area contributed by atoms with Crippen LogP contribution in [0.1, 0.15) is 49.8 Å². The second kappa shape index (κ2) is 14.1. The molecule has 0 aliphatic heterocycles. The highest BCUT2D eigenvalue weighted by atomic mass is 32.2. The first-order valence-corrected chi connectivity index (χ1v) is 15.3. The van der Waals surface area contributed by atoms with Gasteiger partial charge in [-0.25, -0.2) is 12.8 Å². The smallest absolute Gasteiger partial charge is 0.244 e. The summed E-state index contributed by atoms with van der Waals surface area (Å²) in [4.78, 5) is 28.7. The van der Waals surface area contributed by atoms with Gasteiger partial charge in [0.1, 0.15) is 18.4 Å². The zero-order chi connectivity index (χ0) is 29.3. The quantitative estimate of drug-likeness (QED) is 0.319. The average Bonchev–Trinajstić information content (AvgIpc) is 2.93. The van der Waals surface area contributed by atoms with Crippen LogP contribution in [0.4, 0.5) is 10.1 Å². The van der Waals surface area contributed by atoms with Gasteiger partial charge in [0, 0.05) is 25.1 Å². The van der Waals surface area contributed by atoms with Crippen LogP contribution in [0, 0.1) is 5.82 Å². The highest BCUT2D eigenvalue weighted by Gasteiger charge is 2.33. The first-order chi connectivity index (χ1) is 19.0. The van der Waals surface area contributed by atoms with Gasteiger partial charge in [-0.15, -0.1) is 0 Å². The van der Waals surface area contributed by atoms with Gasteiger partial charge in [-0.05, 0) is 41.7 Å². The summed E-state index contributed by atoms with van der Waals surface area (Å²) in [7, 11) is -3.87. The number of sulfonamides is 1. The minimum absolute atomic E-state index is 0.179. The highest BCUT2D eigenvalue weighted by molar-refractivity contribution is 7.92. The largest absolute Gasteiger partial charge is 0.354 e. The van der Waals surface area contributed by atoms with E-state index in [2.05, 4.69) is 5.32 Å². The molecule has 0 aliphatic carbocycles. The summed E-state index contributed by atoms with van der Waals surface area (Å²) in [5, 5.41) is 2.86. The molecule has 0 saturated heterocycles. The molecule has 0 spiro atoms. The van der Waals surface area contributed by atoms with Crippen molar-refractivity contribution in [2.75, 3.05) is 23.7 Å². The van der Waals surface area contributed by atoms with Gasteiger partial charge in [-0.3, -0.25) is 13.9 Å². The molecule has 0 aliphatic rings. The van der Waals surface area contributed by atoms with Gasteiger partial charge in [-0.2, -0.15) is 0 Å². The minimum Gasteiger partial charge on any atom is -0.354 e. The maximum atomic E-state index is 14.8. The lowest BCUT2D eigenvalue weighted by molar-refractivity contribution is -0.140. The molecule has 0 fully saturated rings. The van der Waals surface area contributed by atoms with Gasteiger partial charge in [-0.1, -0.05) is 81.4 Å². The molecule has 3 rings (SSSR count). The summed E-state index contributed by atoms with van der Waals surface area (Å²) < 4.78 is 41.6. The maximum absolute atomic E-state index is 14.8. The number of carbonyl (C=O) groups is 2. The molecular formula is C31H38FN3O4S. The van der Waals surface area contributed by atoms with Gasteiger partial charge < -0.3 is 10.2 Å². The molecule has 0 saturated carbocycles. The normalized spacial score (nSPS) is 12.2. The lowest BCUT2D eigenvalue weighted by Crippen LogP contribution is -2.53. The van der Waals surface area contributed by atoms with E-state index < -0.39 is 34.3 Å². The summed E-state index contributed by atoms with van der Waals surface area (Å²) in [5.41, 5.74) is 2.40. The Morgan fingerprint density at radius 1 is 0.925 bits per heavy atom. The fourth-order valence-electron chi connectivity index (χ4n) is 4.37. The van der Waals surface area contributed by atoms with Crippen LogP contribution in [-0.2, 0) is 32.6 Å². The molecule has 40 heavy (non-hydrogen) atoms. The van der Waals surface area contributed by atoms with Crippen molar-refractivity contribution in [2.45, 2.75) is 52.1 Å². The number of nitrogens with one attached hydrogen (secondary N) is 1. The van der Waals surface area contributed by atoms with E-state index in [0.717, 1.165) is 21.7 Å². The Morgan fingerprint density at radius 3 is 2.12 bits per heavy atom. The van der Waals surface area contributed by atoms with Crippen LogP contribution >= 0.6 is 0 Å². The van der Waals surface area contributed by atoms with Gasteiger partial charge in [0.25, 0.3) is 0 Å². The van der Waals surface area contributed by atoms with Crippen LogP contribution in [0.2, 0.25) is 0 Å². The van der Waals surface area contributed by atoms with Crippen molar-refractivity contribution in [3.05, 3.63) is 101 Å². The van der Waals surface area contributed by atoms with Crippen LogP contribution in [0.25, 0.3) is 0 Å². The molecule has 0 aromatic heterocycles. The van der Waals surface area contributed by atoms with E-state index >= 15 is 0 Å². The molecular weight excluding hydrogens is 529 g/mol. The van der Waals surface area contributed by atoms with Crippen LogP contribution in [0.5, 0.6) is 0 Å². The van der Waals surface area contributed by atoms with E-state index in [4.69, 9.17) is 0 Å². The predicted molar refractivity (Wildman–Crippen MR) is 157 cm³/mol. The molecule has 1 atom stereocenters. The molecule has 3 aromatic carbocycles. The van der Waals surface area contributed by atoms with E-state index in [1.807, 2.05) is 63.2 Å². The van der Waals surface area contributed by atoms with Gasteiger partial charge in [0.2, 0.25) is 21.8 Å². The Bertz CT molecular complexity index is 1380. The van der Waals surface area contributed by atoms with Crippen molar-refractivity contribution in [3.63, 3.8) is 0 Å². The van der Waals surface area contributed by atoms with Crippen LogP contribution < -0.4 is 9.62 Å². The predicted octanol–water partition coefficient (Wildman–Crippen LogP) is 4.88. The van der Waals surface area contributed by atoms with Crippen molar-refractivity contribution < 1.29 is 22.4 Å². The van der Waals surface area contributed by atoms with E-state index in [-0.39, 0.29) is 30.4 Å². The van der Waals surface area contributed by atoms with Crippen LogP contribution in [0.3, 0.4) is 0 Å². The number of rotatable bonds is 13. The van der Waals surface area contributed by atoms with E-state index in [1.165, 1.54) is 11.0 Å². The SMILES string of the molecule is CCCNC(=O)C(Cc1ccccc1)N(Cc1ccccc1F)C(=O)CN(c1ccc(C(C)C)cc1)S(C)(=O)=O. The molecule has 9 heteroatoms. The van der Waals surface area contributed by atoms with Crippen LogP contribution in [-0.4, -0.2) is 50.5 Å². The van der Waals surface area contributed by atoms with Crippen molar-refractivity contribution in [2.24, 2.45) is 0 Å². The number of amides is 2. The Hall–Kier alpha value is -3.72. The highest BCUT2D eigenvalue weighted by Crippen LogP contribution is 2.23. The summed E-state index contributed by atoms with van der Waals surface area (Å²) in [6.45, 7) is 5.65. The second-order valence-electron chi connectivity index (χ2n) is 10.1. The van der Waals surface area contributed by atoms with Crippen LogP contribution in [0.15, 0.2) is 78.9 Å². The fraction of sp³-hybridized carbons (Fsp3) is 0.355. The number of carbonyl (C=O) groups excluding carboxylic acids is 2. The van der Waals surface area contributed by atoms with Crippen molar-refractivity contribution in [3.8, 4) is 0 Å². The number of benzene rings is 3. The Morgan fingerprint density at radius 2 is 1.55 bits per heavy atom. The number of hydrogen-bond acceptors (Lipinski definition) is 4. The third kappa shape index (κ3) is 8.39.